The molecule has 0 spiro atoms. The lowest BCUT2D eigenvalue weighted by atomic mass is 10.2. The predicted molar refractivity (Wildman–Crippen MR) is 90.8 cm³/mol. The van der Waals surface area contributed by atoms with Crippen LogP contribution in [-0.4, -0.2) is 18.0 Å². The largest absolute Gasteiger partial charge is 0.449 e. The molecule has 2 rings (SSSR count). The lowest BCUT2D eigenvalue weighted by molar-refractivity contribution is -0.148. The summed E-state index contributed by atoms with van der Waals surface area (Å²) in [5, 5.41) is 11.4. The molecule has 0 unspecified atom stereocenters. The van der Waals surface area contributed by atoms with E-state index < -0.39 is 23.8 Å². The summed E-state index contributed by atoms with van der Waals surface area (Å²) < 4.78 is 18.0. The summed E-state index contributed by atoms with van der Waals surface area (Å²) in [4.78, 5) is 23.8. The molecule has 2 aromatic rings. The molecule has 0 radical (unpaired) electrons. The highest BCUT2D eigenvalue weighted by molar-refractivity contribution is 5.96. The number of nitrogens with zero attached hydrogens (tertiary/aromatic N) is 1. The molecule has 6 heteroatoms. The monoisotopic (exact) mass is 338 g/mol. The lowest BCUT2D eigenvalue weighted by Crippen LogP contribution is -2.29. The molecule has 0 saturated carbocycles. The summed E-state index contributed by atoms with van der Waals surface area (Å²) >= 11 is 0. The zero-order valence-corrected chi connectivity index (χ0v) is 13.4. The molecule has 0 aromatic heterocycles. The predicted octanol–water partition coefficient (Wildman–Crippen LogP) is 3.28. The maximum atomic E-state index is 13.0. The van der Waals surface area contributed by atoms with Crippen molar-refractivity contribution in [2.24, 2.45) is 0 Å². The Morgan fingerprint density at radius 2 is 2.00 bits per heavy atom. The Bertz CT molecular complexity index is 856. The van der Waals surface area contributed by atoms with Gasteiger partial charge >= 0.3 is 5.97 Å². The van der Waals surface area contributed by atoms with Crippen molar-refractivity contribution in [3.05, 3.63) is 71.6 Å². The first kappa shape index (κ1) is 17.9. The number of nitrogens with one attached hydrogen (secondary N) is 1. The summed E-state index contributed by atoms with van der Waals surface area (Å²) in [6, 6.07) is 14.0. The molecule has 0 heterocycles. The minimum Gasteiger partial charge on any atom is -0.449 e. The van der Waals surface area contributed by atoms with Crippen molar-refractivity contribution in [2.45, 2.75) is 13.0 Å². The smallest absolute Gasteiger partial charge is 0.331 e. The van der Waals surface area contributed by atoms with Crippen molar-refractivity contribution in [2.75, 3.05) is 5.32 Å². The second-order valence-corrected chi connectivity index (χ2v) is 5.15. The fraction of sp³-hybridized carbons (Fsp3) is 0.105. The van der Waals surface area contributed by atoms with E-state index >= 15 is 0 Å². The van der Waals surface area contributed by atoms with Gasteiger partial charge in [0.25, 0.3) is 5.91 Å². The van der Waals surface area contributed by atoms with Crippen LogP contribution in [0.5, 0.6) is 0 Å². The Kier molecular flexibility index (Phi) is 6.02. The maximum absolute atomic E-state index is 13.0. The number of carbonyl (C=O) groups excluding carboxylic acids is 2. The van der Waals surface area contributed by atoms with E-state index in [0.717, 1.165) is 6.08 Å². The highest BCUT2D eigenvalue weighted by Crippen LogP contribution is 2.11. The number of amides is 1. The van der Waals surface area contributed by atoms with Crippen LogP contribution in [0.15, 0.2) is 54.6 Å². The molecule has 0 fully saturated rings. The quantitative estimate of drug-likeness (QED) is 0.670. The number of halogens is 1. The van der Waals surface area contributed by atoms with Gasteiger partial charge in [-0.2, -0.15) is 5.26 Å². The van der Waals surface area contributed by atoms with E-state index in [1.165, 1.54) is 37.3 Å². The van der Waals surface area contributed by atoms with Gasteiger partial charge in [-0.05, 0) is 48.9 Å². The van der Waals surface area contributed by atoms with Crippen LogP contribution in [0.1, 0.15) is 18.1 Å². The van der Waals surface area contributed by atoms with Gasteiger partial charge in [0.2, 0.25) is 0 Å². The van der Waals surface area contributed by atoms with Gasteiger partial charge in [-0.1, -0.05) is 18.2 Å². The second-order valence-electron chi connectivity index (χ2n) is 5.15. The molecule has 1 amide bonds. The first-order valence-corrected chi connectivity index (χ1v) is 7.43. The van der Waals surface area contributed by atoms with Crippen LogP contribution >= 0.6 is 0 Å². The van der Waals surface area contributed by atoms with Crippen molar-refractivity contribution >= 4 is 23.6 Å². The number of nitriles is 1. The Balaban J connectivity index is 1.91. The zero-order chi connectivity index (χ0) is 18.2. The Labute approximate surface area is 144 Å². The zero-order valence-electron chi connectivity index (χ0n) is 13.4. The fourth-order valence-corrected chi connectivity index (χ4v) is 1.95. The van der Waals surface area contributed by atoms with Crippen LogP contribution in [0.25, 0.3) is 6.08 Å². The average Bonchev–Trinajstić information content (AvgIpc) is 2.60. The molecule has 0 bridgehead atoms. The lowest BCUT2D eigenvalue weighted by Gasteiger charge is -2.12. The molecule has 1 N–H and O–H groups in total. The molecule has 0 aliphatic carbocycles. The molecular formula is C19H15FN2O3. The Hall–Kier alpha value is -3.46. The first-order valence-electron chi connectivity index (χ1n) is 7.43. The molecular weight excluding hydrogens is 323 g/mol. The molecule has 0 aliphatic heterocycles. The van der Waals surface area contributed by atoms with Gasteiger partial charge in [-0.15, -0.1) is 0 Å². The number of hydrogen-bond donors (Lipinski definition) is 1. The molecule has 25 heavy (non-hydrogen) atoms. The van der Waals surface area contributed by atoms with Crippen molar-refractivity contribution in [1.29, 1.82) is 5.26 Å². The van der Waals surface area contributed by atoms with E-state index in [0.29, 0.717) is 16.8 Å². The standard InChI is InChI=1S/C19H15FN2O3/c1-13(19(24)22-17-7-3-5-15(11-17)12-21)25-18(23)9-8-14-4-2-6-16(20)10-14/h2-11,13H,1H3,(H,22,24)/b9-8+/t13-/m1/s1. The van der Waals surface area contributed by atoms with Gasteiger partial charge in [0.05, 0.1) is 11.6 Å². The average molecular weight is 338 g/mol. The molecule has 2 aromatic carbocycles. The van der Waals surface area contributed by atoms with Crippen molar-refractivity contribution in [3.63, 3.8) is 0 Å². The normalized spacial score (nSPS) is 11.6. The third kappa shape index (κ3) is 5.59. The van der Waals surface area contributed by atoms with Crippen LogP contribution in [0.4, 0.5) is 10.1 Å². The van der Waals surface area contributed by atoms with Crippen LogP contribution in [-0.2, 0) is 14.3 Å². The van der Waals surface area contributed by atoms with Crippen molar-refractivity contribution in [1.82, 2.24) is 0 Å². The molecule has 126 valence electrons. The number of anilines is 1. The van der Waals surface area contributed by atoms with E-state index in [1.807, 2.05) is 6.07 Å². The number of carbonyl (C=O) groups is 2. The Morgan fingerprint density at radius 3 is 2.72 bits per heavy atom. The van der Waals surface area contributed by atoms with Crippen LogP contribution in [0.3, 0.4) is 0 Å². The topological polar surface area (TPSA) is 79.2 Å². The molecule has 0 aliphatic rings. The summed E-state index contributed by atoms with van der Waals surface area (Å²) in [5.41, 5.74) is 1.34. The summed E-state index contributed by atoms with van der Waals surface area (Å²) in [6.45, 7) is 1.43. The number of hydrogen-bond acceptors (Lipinski definition) is 4. The van der Waals surface area contributed by atoms with Gasteiger partial charge in [0, 0.05) is 11.8 Å². The van der Waals surface area contributed by atoms with Crippen LogP contribution in [0, 0.1) is 17.1 Å². The van der Waals surface area contributed by atoms with Crippen LogP contribution in [0.2, 0.25) is 0 Å². The second kappa shape index (κ2) is 8.41. The van der Waals surface area contributed by atoms with Gasteiger partial charge in [0.1, 0.15) is 5.82 Å². The molecule has 5 nitrogen and oxygen atoms in total. The molecule has 0 saturated heterocycles. The number of rotatable bonds is 5. The molecule has 1 atom stereocenters. The highest BCUT2D eigenvalue weighted by atomic mass is 19.1. The maximum Gasteiger partial charge on any atom is 0.331 e. The summed E-state index contributed by atoms with van der Waals surface area (Å²) in [7, 11) is 0. The number of esters is 1. The number of benzene rings is 2. The van der Waals surface area contributed by atoms with Gasteiger partial charge < -0.3 is 10.1 Å². The van der Waals surface area contributed by atoms with E-state index in [1.54, 1.807) is 24.3 Å². The Morgan fingerprint density at radius 1 is 1.24 bits per heavy atom. The van der Waals surface area contributed by atoms with E-state index in [9.17, 15) is 14.0 Å². The van der Waals surface area contributed by atoms with Crippen LogP contribution < -0.4 is 5.32 Å². The van der Waals surface area contributed by atoms with Gasteiger partial charge in [-0.25, -0.2) is 9.18 Å². The highest BCUT2D eigenvalue weighted by Gasteiger charge is 2.16. The van der Waals surface area contributed by atoms with Gasteiger partial charge in [-0.3, -0.25) is 4.79 Å². The van der Waals surface area contributed by atoms with Crippen molar-refractivity contribution < 1.29 is 18.7 Å². The third-order valence-corrected chi connectivity index (χ3v) is 3.18. The third-order valence-electron chi connectivity index (χ3n) is 3.18. The van der Waals surface area contributed by atoms with Crippen molar-refractivity contribution in [3.8, 4) is 6.07 Å². The summed E-state index contributed by atoms with van der Waals surface area (Å²) in [6.07, 6.45) is 1.48. The number of ether oxygens (including phenoxy) is 1. The van der Waals surface area contributed by atoms with Gasteiger partial charge in [0.15, 0.2) is 6.10 Å². The summed E-state index contributed by atoms with van der Waals surface area (Å²) in [5.74, 6) is -1.66. The first-order chi connectivity index (χ1) is 12.0. The fourth-order valence-electron chi connectivity index (χ4n) is 1.95. The minimum absolute atomic E-state index is 0.403. The van der Waals surface area contributed by atoms with E-state index in [-0.39, 0.29) is 0 Å². The SMILES string of the molecule is C[C@@H](OC(=O)/C=C/c1cccc(F)c1)C(=O)Nc1cccc(C#N)c1. The minimum atomic E-state index is -1.03. The van der Waals surface area contributed by atoms with E-state index in [2.05, 4.69) is 5.32 Å². The van der Waals surface area contributed by atoms with E-state index in [4.69, 9.17) is 10.00 Å².